The van der Waals surface area contributed by atoms with Gasteiger partial charge in [-0.15, -0.1) is 0 Å². The highest BCUT2D eigenvalue weighted by molar-refractivity contribution is 6.31. The van der Waals surface area contributed by atoms with Crippen molar-refractivity contribution in [3.8, 4) is 0 Å². The molecule has 0 spiro atoms. The van der Waals surface area contributed by atoms with Crippen LogP contribution < -0.4 is 5.32 Å². The van der Waals surface area contributed by atoms with Crippen molar-refractivity contribution in [1.82, 2.24) is 4.98 Å². The maximum absolute atomic E-state index is 6.09. The van der Waals surface area contributed by atoms with E-state index in [1.165, 1.54) is 11.3 Å². The molecule has 0 aliphatic heterocycles. The van der Waals surface area contributed by atoms with Crippen LogP contribution in [0.25, 0.3) is 0 Å². The third-order valence-corrected chi connectivity index (χ3v) is 3.20. The van der Waals surface area contributed by atoms with E-state index in [1.54, 1.807) is 12.4 Å². The molecule has 0 saturated carbocycles. The third kappa shape index (κ3) is 3.23. The molecule has 2 aromatic rings. The van der Waals surface area contributed by atoms with E-state index in [4.69, 9.17) is 11.6 Å². The Morgan fingerprint density at radius 3 is 2.78 bits per heavy atom. The lowest BCUT2D eigenvalue weighted by Crippen LogP contribution is -2.03. The van der Waals surface area contributed by atoms with E-state index in [9.17, 15) is 0 Å². The molecule has 0 saturated heterocycles. The van der Waals surface area contributed by atoms with Gasteiger partial charge in [-0.3, -0.25) is 4.98 Å². The Morgan fingerprint density at radius 2 is 2.00 bits per heavy atom. The third-order valence-electron chi connectivity index (χ3n) is 2.86. The van der Waals surface area contributed by atoms with Crippen molar-refractivity contribution < 1.29 is 0 Å². The predicted molar refractivity (Wildman–Crippen MR) is 77.0 cm³/mol. The highest BCUT2D eigenvalue weighted by atomic mass is 35.5. The lowest BCUT2D eigenvalue weighted by molar-refractivity contribution is 0.919. The van der Waals surface area contributed by atoms with Crippen molar-refractivity contribution in [1.29, 1.82) is 0 Å². The summed E-state index contributed by atoms with van der Waals surface area (Å²) in [4.78, 5) is 3.99. The average molecular weight is 261 g/mol. The lowest BCUT2D eigenvalue weighted by atomic mass is 10.1. The molecule has 0 radical (unpaired) electrons. The van der Waals surface area contributed by atoms with Crippen LogP contribution >= 0.6 is 11.6 Å². The Kier molecular flexibility index (Phi) is 4.59. The van der Waals surface area contributed by atoms with Gasteiger partial charge in [0.1, 0.15) is 0 Å². The topological polar surface area (TPSA) is 24.9 Å². The minimum Gasteiger partial charge on any atom is -0.381 e. The van der Waals surface area contributed by atoms with Gasteiger partial charge >= 0.3 is 0 Å². The van der Waals surface area contributed by atoms with Gasteiger partial charge in [0.15, 0.2) is 0 Å². The fourth-order valence-corrected chi connectivity index (χ4v) is 2.10. The largest absolute Gasteiger partial charge is 0.381 e. The van der Waals surface area contributed by atoms with Crippen LogP contribution in [0.4, 0.5) is 5.69 Å². The molecular weight excluding hydrogens is 244 g/mol. The monoisotopic (exact) mass is 260 g/mol. The summed E-state index contributed by atoms with van der Waals surface area (Å²) in [7, 11) is 0. The van der Waals surface area contributed by atoms with Crippen LogP contribution in [0.2, 0.25) is 5.02 Å². The van der Waals surface area contributed by atoms with Crippen LogP contribution in [0.1, 0.15) is 24.5 Å². The highest BCUT2D eigenvalue weighted by Gasteiger charge is 2.02. The highest BCUT2D eigenvalue weighted by Crippen LogP contribution is 2.19. The van der Waals surface area contributed by atoms with Crippen LogP contribution in [-0.4, -0.2) is 4.98 Å². The van der Waals surface area contributed by atoms with E-state index in [1.807, 2.05) is 6.07 Å². The number of hydrogen-bond donors (Lipinski definition) is 1. The van der Waals surface area contributed by atoms with Crippen LogP contribution in [0.5, 0.6) is 0 Å². The number of rotatable bonds is 5. The summed E-state index contributed by atoms with van der Waals surface area (Å²) in [5, 5.41) is 4.15. The molecule has 1 aromatic heterocycles. The van der Waals surface area contributed by atoms with Gasteiger partial charge in [0.05, 0.1) is 5.02 Å². The summed E-state index contributed by atoms with van der Waals surface area (Å²) in [6.07, 6.45) is 5.68. The van der Waals surface area contributed by atoms with Crippen molar-refractivity contribution in [2.24, 2.45) is 0 Å². The fourth-order valence-electron chi connectivity index (χ4n) is 1.92. The zero-order chi connectivity index (χ0) is 12.8. The molecule has 0 amide bonds. The molecule has 0 fully saturated rings. The van der Waals surface area contributed by atoms with E-state index in [2.05, 4.69) is 41.5 Å². The molecule has 1 aromatic carbocycles. The summed E-state index contributed by atoms with van der Waals surface area (Å²) in [5.41, 5.74) is 3.61. The number of anilines is 1. The second-order valence-corrected chi connectivity index (χ2v) is 4.63. The number of pyridine rings is 1. The molecule has 0 aliphatic carbocycles. The first-order valence-electron chi connectivity index (χ1n) is 6.21. The molecule has 1 N–H and O–H groups in total. The van der Waals surface area contributed by atoms with E-state index >= 15 is 0 Å². The first kappa shape index (κ1) is 12.9. The summed E-state index contributed by atoms with van der Waals surface area (Å²) in [5.74, 6) is 0. The Bertz CT molecular complexity index is 511. The Hall–Kier alpha value is -1.54. The molecule has 0 aliphatic rings. The van der Waals surface area contributed by atoms with Gasteiger partial charge in [-0.1, -0.05) is 43.1 Å². The van der Waals surface area contributed by atoms with Crippen LogP contribution in [0, 0.1) is 0 Å². The first-order valence-corrected chi connectivity index (χ1v) is 6.59. The van der Waals surface area contributed by atoms with Gasteiger partial charge in [-0.2, -0.15) is 0 Å². The van der Waals surface area contributed by atoms with Crippen molar-refractivity contribution >= 4 is 17.3 Å². The van der Waals surface area contributed by atoms with Gasteiger partial charge in [0, 0.05) is 24.6 Å². The van der Waals surface area contributed by atoms with E-state index in [-0.39, 0.29) is 0 Å². The van der Waals surface area contributed by atoms with Gasteiger partial charge in [0.2, 0.25) is 0 Å². The number of nitrogens with zero attached hydrogens (tertiary/aromatic N) is 1. The Balaban J connectivity index is 2.08. The smallest absolute Gasteiger partial charge is 0.0639 e. The molecule has 94 valence electrons. The summed E-state index contributed by atoms with van der Waals surface area (Å²) < 4.78 is 0. The number of nitrogens with one attached hydrogen (secondary N) is 1. The van der Waals surface area contributed by atoms with Gasteiger partial charge in [-0.25, -0.2) is 0 Å². The lowest BCUT2D eigenvalue weighted by Gasteiger charge is -2.12. The fraction of sp³-hybridized carbons (Fsp3) is 0.267. The molecule has 0 atom stereocenters. The van der Waals surface area contributed by atoms with Gasteiger partial charge in [-0.05, 0) is 29.7 Å². The van der Waals surface area contributed by atoms with Gasteiger partial charge in [0.25, 0.3) is 0 Å². The number of para-hydroxylation sites is 1. The molecule has 1 heterocycles. The van der Waals surface area contributed by atoms with E-state index < -0.39 is 0 Å². The van der Waals surface area contributed by atoms with Crippen LogP contribution in [0.3, 0.4) is 0 Å². The zero-order valence-corrected chi connectivity index (χ0v) is 11.2. The SMILES string of the molecule is CCCc1ccccc1NCc1ccncc1Cl. The molecule has 0 unspecified atom stereocenters. The molecule has 3 heteroatoms. The van der Waals surface area contributed by atoms with E-state index in [0.717, 1.165) is 24.9 Å². The average Bonchev–Trinajstić information content (AvgIpc) is 2.40. The van der Waals surface area contributed by atoms with Crippen molar-refractivity contribution in [2.45, 2.75) is 26.3 Å². The number of hydrogen-bond acceptors (Lipinski definition) is 2. The van der Waals surface area contributed by atoms with Crippen LogP contribution in [0.15, 0.2) is 42.7 Å². The molecule has 18 heavy (non-hydrogen) atoms. The van der Waals surface area contributed by atoms with Crippen molar-refractivity contribution in [3.05, 3.63) is 58.9 Å². The maximum atomic E-state index is 6.09. The Morgan fingerprint density at radius 1 is 1.17 bits per heavy atom. The number of halogens is 1. The predicted octanol–water partition coefficient (Wildman–Crippen LogP) is 4.30. The minimum absolute atomic E-state index is 0.706. The summed E-state index contributed by atoms with van der Waals surface area (Å²) in [6, 6.07) is 10.4. The maximum Gasteiger partial charge on any atom is 0.0639 e. The molecule has 0 bridgehead atoms. The molecule has 2 nitrogen and oxygen atoms in total. The second-order valence-electron chi connectivity index (χ2n) is 4.23. The summed E-state index contributed by atoms with van der Waals surface area (Å²) in [6.45, 7) is 2.92. The van der Waals surface area contributed by atoms with E-state index in [0.29, 0.717) is 5.02 Å². The Labute approximate surface area is 113 Å². The number of aryl methyl sites for hydroxylation is 1. The molecular formula is C15H17ClN2. The summed E-state index contributed by atoms with van der Waals surface area (Å²) >= 11 is 6.09. The van der Waals surface area contributed by atoms with Crippen molar-refractivity contribution in [3.63, 3.8) is 0 Å². The van der Waals surface area contributed by atoms with Crippen molar-refractivity contribution in [2.75, 3.05) is 5.32 Å². The standard InChI is InChI=1S/C15H17ClN2/c1-2-5-12-6-3-4-7-15(12)18-10-13-8-9-17-11-14(13)16/h3-4,6-9,11,18H,2,5,10H2,1H3. The van der Waals surface area contributed by atoms with Crippen LogP contribution in [-0.2, 0) is 13.0 Å². The first-order chi connectivity index (χ1) is 8.81. The zero-order valence-electron chi connectivity index (χ0n) is 10.5. The molecule has 2 rings (SSSR count). The number of benzene rings is 1. The normalized spacial score (nSPS) is 10.3. The quantitative estimate of drug-likeness (QED) is 0.867. The second kappa shape index (κ2) is 6.41. The number of aromatic nitrogens is 1. The minimum atomic E-state index is 0.706. The van der Waals surface area contributed by atoms with Gasteiger partial charge < -0.3 is 5.32 Å².